The number of hydrogen-bond donors (Lipinski definition) is 3. The van der Waals surface area contributed by atoms with Gasteiger partial charge in [-0.3, -0.25) is 4.90 Å². The molecule has 2 aliphatic heterocycles. The third-order valence-corrected chi connectivity index (χ3v) is 4.24. The SMILES string of the molecule is CC1CN2CCCC2CN1C(=O)NCC(C)(O)C(=O)O. The Kier molecular flexibility index (Phi) is 4.19. The molecule has 0 bridgehead atoms. The highest BCUT2D eigenvalue weighted by atomic mass is 16.4. The Morgan fingerprint density at radius 1 is 1.40 bits per heavy atom. The lowest BCUT2D eigenvalue weighted by Gasteiger charge is -2.42. The summed E-state index contributed by atoms with van der Waals surface area (Å²) in [6, 6.07) is 0.210. The number of carboxylic acids is 1. The van der Waals surface area contributed by atoms with E-state index in [-0.39, 0.29) is 18.6 Å². The van der Waals surface area contributed by atoms with Gasteiger partial charge in [0, 0.05) is 25.2 Å². The first-order valence-corrected chi connectivity index (χ1v) is 7.05. The van der Waals surface area contributed by atoms with Crippen LogP contribution < -0.4 is 5.32 Å². The minimum absolute atomic E-state index is 0.0964. The number of piperazine rings is 1. The van der Waals surface area contributed by atoms with Gasteiger partial charge in [-0.15, -0.1) is 0 Å². The molecule has 114 valence electrons. The Morgan fingerprint density at radius 2 is 2.10 bits per heavy atom. The number of rotatable bonds is 3. The van der Waals surface area contributed by atoms with E-state index in [0.717, 1.165) is 19.5 Å². The van der Waals surface area contributed by atoms with Crippen LogP contribution in [0.15, 0.2) is 0 Å². The summed E-state index contributed by atoms with van der Waals surface area (Å²) in [5.41, 5.74) is -1.94. The molecule has 3 atom stereocenters. The molecule has 3 N–H and O–H groups in total. The fourth-order valence-electron chi connectivity index (χ4n) is 2.90. The molecule has 0 aliphatic carbocycles. The largest absolute Gasteiger partial charge is 0.479 e. The van der Waals surface area contributed by atoms with E-state index in [1.165, 1.54) is 13.3 Å². The van der Waals surface area contributed by atoms with Gasteiger partial charge < -0.3 is 20.4 Å². The molecule has 0 saturated carbocycles. The van der Waals surface area contributed by atoms with Crippen LogP contribution in [-0.4, -0.2) is 75.9 Å². The maximum Gasteiger partial charge on any atom is 0.337 e. The highest BCUT2D eigenvalue weighted by Gasteiger charge is 2.37. The van der Waals surface area contributed by atoms with Gasteiger partial charge in [0.2, 0.25) is 0 Å². The lowest BCUT2D eigenvalue weighted by Crippen LogP contribution is -2.60. The lowest BCUT2D eigenvalue weighted by atomic mass is 10.1. The second kappa shape index (κ2) is 5.57. The zero-order valence-electron chi connectivity index (χ0n) is 12.0. The zero-order valence-corrected chi connectivity index (χ0v) is 12.0. The standard InChI is InChI=1S/C13H23N3O4/c1-9-6-15-5-3-4-10(15)7-16(9)12(19)14-8-13(2,20)11(17)18/h9-10,20H,3-8H2,1-2H3,(H,14,19)(H,17,18). The molecule has 2 saturated heterocycles. The van der Waals surface area contributed by atoms with Crippen LogP contribution >= 0.6 is 0 Å². The number of aliphatic carboxylic acids is 1. The highest BCUT2D eigenvalue weighted by molar-refractivity contribution is 5.79. The molecule has 0 radical (unpaired) electrons. The van der Waals surface area contributed by atoms with Crippen LogP contribution in [0.25, 0.3) is 0 Å². The molecule has 2 fully saturated rings. The molecular formula is C13H23N3O4. The van der Waals surface area contributed by atoms with Crippen molar-refractivity contribution in [3.05, 3.63) is 0 Å². The molecule has 2 aliphatic rings. The molecule has 20 heavy (non-hydrogen) atoms. The second-order valence-corrected chi connectivity index (χ2v) is 6.03. The van der Waals surface area contributed by atoms with Crippen molar-refractivity contribution in [2.24, 2.45) is 0 Å². The van der Waals surface area contributed by atoms with Gasteiger partial charge in [-0.1, -0.05) is 0 Å². The predicted octanol–water partition coefficient (Wildman–Crippen LogP) is -0.300. The van der Waals surface area contributed by atoms with E-state index in [2.05, 4.69) is 10.2 Å². The average Bonchev–Trinajstić information content (AvgIpc) is 2.81. The molecule has 0 aromatic heterocycles. The van der Waals surface area contributed by atoms with Crippen molar-refractivity contribution in [3.8, 4) is 0 Å². The molecule has 0 aromatic carbocycles. The molecule has 2 heterocycles. The number of nitrogens with zero attached hydrogens (tertiary/aromatic N) is 2. The fraction of sp³-hybridized carbons (Fsp3) is 0.846. The number of amides is 2. The molecular weight excluding hydrogens is 262 g/mol. The van der Waals surface area contributed by atoms with E-state index in [1.807, 2.05) is 6.92 Å². The Balaban J connectivity index is 1.90. The Morgan fingerprint density at radius 3 is 2.75 bits per heavy atom. The maximum atomic E-state index is 12.2. The molecule has 2 rings (SSSR count). The summed E-state index contributed by atoms with van der Waals surface area (Å²) in [5, 5.41) is 21.0. The van der Waals surface area contributed by atoms with E-state index in [9.17, 15) is 14.7 Å². The first kappa shape index (κ1) is 15.1. The highest BCUT2D eigenvalue weighted by Crippen LogP contribution is 2.24. The number of fused-ring (bicyclic) bond motifs is 1. The van der Waals surface area contributed by atoms with Gasteiger partial charge in [0.25, 0.3) is 0 Å². The van der Waals surface area contributed by atoms with Crippen LogP contribution in [0, 0.1) is 0 Å². The molecule has 0 spiro atoms. The first-order valence-electron chi connectivity index (χ1n) is 7.05. The van der Waals surface area contributed by atoms with Crippen LogP contribution in [0.1, 0.15) is 26.7 Å². The van der Waals surface area contributed by atoms with Crippen LogP contribution in [0.3, 0.4) is 0 Å². The van der Waals surface area contributed by atoms with Gasteiger partial charge in [0.1, 0.15) is 0 Å². The monoisotopic (exact) mass is 285 g/mol. The summed E-state index contributed by atoms with van der Waals surface area (Å²) in [6.45, 7) is 5.49. The average molecular weight is 285 g/mol. The summed E-state index contributed by atoms with van der Waals surface area (Å²) in [6.07, 6.45) is 2.27. The lowest BCUT2D eigenvalue weighted by molar-refractivity contribution is -0.155. The maximum absolute atomic E-state index is 12.2. The van der Waals surface area contributed by atoms with Gasteiger partial charge in [0.05, 0.1) is 6.54 Å². The predicted molar refractivity (Wildman–Crippen MR) is 72.4 cm³/mol. The smallest absolute Gasteiger partial charge is 0.337 e. The normalized spacial score (nSPS) is 29.6. The number of hydrogen-bond acceptors (Lipinski definition) is 4. The Bertz CT molecular complexity index is 399. The van der Waals surface area contributed by atoms with Crippen molar-refractivity contribution in [2.75, 3.05) is 26.2 Å². The molecule has 7 nitrogen and oxygen atoms in total. The molecule has 3 unspecified atom stereocenters. The van der Waals surface area contributed by atoms with E-state index in [4.69, 9.17) is 5.11 Å². The molecule has 7 heteroatoms. The summed E-state index contributed by atoms with van der Waals surface area (Å²) >= 11 is 0. The van der Waals surface area contributed by atoms with Crippen LogP contribution in [-0.2, 0) is 4.79 Å². The summed E-state index contributed by atoms with van der Waals surface area (Å²) in [5.74, 6) is -1.34. The number of carbonyl (C=O) groups excluding carboxylic acids is 1. The quantitative estimate of drug-likeness (QED) is 0.662. The number of nitrogens with one attached hydrogen (secondary N) is 1. The van der Waals surface area contributed by atoms with Crippen molar-refractivity contribution >= 4 is 12.0 Å². The molecule has 0 aromatic rings. The first-order chi connectivity index (χ1) is 9.31. The number of carbonyl (C=O) groups is 2. The van der Waals surface area contributed by atoms with Gasteiger partial charge in [-0.2, -0.15) is 0 Å². The van der Waals surface area contributed by atoms with E-state index < -0.39 is 11.6 Å². The zero-order chi connectivity index (χ0) is 14.9. The number of urea groups is 1. The van der Waals surface area contributed by atoms with E-state index in [1.54, 1.807) is 4.90 Å². The van der Waals surface area contributed by atoms with Crippen molar-refractivity contribution in [3.63, 3.8) is 0 Å². The fourth-order valence-corrected chi connectivity index (χ4v) is 2.90. The third-order valence-electron chi connectivity index (χ3n) is 4.24. The van der Waals surface area contributed by atoms with Crippen LogP contribution in [0.2, 0.25) is 0 Å². The van der Waals surface area contributed by atoms with E-state index >= 15 is 0 Å². The number of carboxylic acid groups (broad SMARTS) is 1. The molecule has 2 amide bonds. The number of aliphatic hydroxyl groups is 1. The summed E-state index contributed by atoms with van der Waals surface area (Å²) < 4.78 is 0. The van der Waals surface area contributed by atoms with Gasteiger partial charge in [-0.05, 0) is 33.2 Å². The van der Waals surface area contributed by atoms with Gasteiger partial charge in [-0.25, -0.2) is 9.59 Å². The Labute approximate surface area is 118 Å². The van der Waals surface area contributed by atoms with Crippen LogP contribution in [0.4, 0.5) is 4.79 Å². The van der Waals surface area contributed by atoms with Crippen molar-refractivity contribution < 1.29 is 19.8 Å². The van der Waals surface area contributed by atoms with Gasteiger partial charge in [0.15, 0.2) is 5.60 Å². The van der Waals surface area contributed by atoms with E-state index in [0.29, 0.717) is 12.6 Å². The van der Waals surface area contributed by atoms with Gasteiger partial charge >= 0.3 is 12.0 Å². The summed E-state index contributed by atoms with van der Waals surface area (Å²) in [7, 11) is 0. The summed E-state index contributed by atoms with van der Waals surface area (Å²) in [4.78, 5) is 27.1. The topological polar surface area (TPSA) is 93.1 Å². The van der Waals surface area contributed by atoms with Crippen LogP contribution in [0.5, 0.6) is 0 Å². The third kappa shape index (κ3) is 3.04. The minimum Gasteiger partial charge on any atom is -0.479 e. The second-order valence-electron chi connectivity index (χ2n) is 6.03. The van der Waals surface area contributed by atoms with Crippen molar-refractivity contribution in [2.45, 2.75) is 44.4 Å². The minimum atomic E-state index is -1.94. The van der Waals surface area contributed by atoms with Crippen molar-refractivity contribution in [1.82, 2.24) is 15.1 Å². The Hall–Kier alpha value is -1.34. The van der Waals surface area contributed by atoms with Crippen molar-refractivity contribution in [1.29, 1.82) is 0 Å².